The van der Waals surface area contributed by atoms with Crippen molar-refractivity contribution in [3.8, 4) is 5.75 Å². The van der Waals surface area contributed by atoms with Crippen molar-refractivity contribution < 1.29 is 32.6 Å². The summed E-state index contributed by atoms with van der Waals surface area (Å²) in [5, 5.41) is 10.5. The Labute approximate surface area is 198 Å². The predicted molar refractivity (Wildman–Crippen MR) is 120 cm³/mol. The maximum Gasteiger partial charge on any atom is 0.490 e. The van der Waals surface area contributed by atoms with E-state index in [1.54, 1.807) is 13.3 Å². The lowest BCUT2D eigenvalue weighted by Gasteiger charge is -2.32. The van der Waals surface area contributed by atoms with Crippen molar-refractivity contribution in [2.45, 2.75) is 12.7 Å². The quantitative estimate of drug-likeness (QED) is 0.556. The third-order valence-corrected chi connectivity index (χ3v) is 5.22. The standard InChI is InChI=1S/C20H24N6O2.C2HF3O2/c1-24-8-10-25(11-9-24)19(27)15-4-5-18(28-2)17(12-15)22-13-16-14-26-7-3-6-21-20(26)23-16;3-2(4,5)1(6)7/h3-7,12,14,22H,8-11,13H2,1-2H3;(H,6,7). The number of nitrogens with zero attached hydrogens (tertiary/aromatic N) is 5. The predicted octanol–water partition coefficient (Wildman–Crippen LogP) is 2.37. The summed E-state index contributed by atoms with van der Waals surface area (Å²) in [4.78, 5) is 34.6. The minimum Gasteiger partial charge on any atom is -0.495 e. The first-order valence-corrected chi connectivity index (χ1v) is 10.6. The Balaban J connectivity index is 0.000000429. The third-order valence-electron chi connectivity index (χ3n) is 5.22. The molecule has 0 radical (unpaired) electrons. The van der Waals surface area contributed by atoms with E-state index in [0.29, 0.717) is 23.6 Å². The van der Waals surface area contributed by atoms with Gasteiger partial charge in [-0.2, -0.15) is 13.2 Å². The van der Waals surface area contributed by atoms with Gasteiger partial charge in [-0.05, 0) is 31.3 Å². The number of rotatable bonds is 5. The number of hydrogen-bond acceptors (Lipinski definition) is 7. The highest BCUT2D eigenvalue weighted by Crippen LogP contribution is 2.27. The van der Waals surface area contributed by atoms with E-state index in [0.717, 1.165) is 37.6 Å². The third kappa shape index (κ3) is 6.82. The van der Waals surface area contributed by atoms with E-state index in [1.165, 1.54) is 0 Å². The zero-order valence-corrected chi connectivity index (χ0v) is 19.1. The lowest BCUT2D eigenvalue weighted by atomic mass is 10.1. The average Bonchev–Trinajstić information content (AvgIpc) is 3.25. The van der Waals surface area contributed by atoms with E-state index >= 15 is 0 Å². The van der Waals surface area contributed by atoms with Gasteiger partial charge in [0.25, 0.3) is 5.91 Å². The fourth-order valence-electron chi connectivity index (χ4n) is 3.32. The number of carbonyl (C=O) groups excluding carboxylic acids is 1. The van der Waals surface area contributed by atoms with Crippen LogP contribution in [-0.4, -0.2) is 87.7 Å². The summed E-state index contributed by atoms with van der Waals surface area (Å²) in [7, 11) is 3.70. The summed E-state index contributed by atoms with van der Waals surface area (Å²) in [6, 6.07) is 7.37. The molecule has 2 N–H and O–H groups in total. The Hall–Kier alpha value is -3.87. The second-order valence-electron chi connectivity index (χ2n) is 7.73. The molecular formula is C22H25F3N6O4. The van der Waals surface area contributed by atoms with Gasteiger partial charge in [0.2, 0.25) is 5.78 Å². The Kier molecular flexibility index (Phi) is 8.12. The van der Waals surface area contributed by atoms with Gasteiger partial charge in [0.15, 0.2) is 0 Å². The van der Waals surface area contributed by atoms with Crippen LogP contribution in [0.3, 0.4) is 0 Å². The first-order chi connectivity index (χ1) is 16.6. The Morgan fingerprint density at radius 3 is 2.49 bits per heavy atom. The van der Waals surface area contributed by atoms with Crippen molar-refractivity contribution in [2.75, 3.05) is 45.7 Å². The van der Waals surface area contributed by atoms with Gasteiger partial charge in [-0.15, -0.1) is 0 Å². The van der Waals surface area contributed by atoms with Crippen LogP contribution in [-0.2, 0) is 11.3 Å². The fraction of sp³-hybridized carbons (Fsp3) is 0.364. The van der Waals surface area contributed by atoms with Crippen molar-refractivity contribution in [1.82, 2.24) is 24.2 Å². The molecule has 10 nitrogen and oxygen atoms in total. The second kappa shape index (κ2) is 11.0. The average molecular weight is 494 g/mol. The molecule has 2 aromatic heterocycles. The molecule has 4 rings (SSSR count). The van der Waals surface area contributed by atoms with Gasteiger partial charge in [0, 0.05) is 50.3 Å². The molecule has 0 spiro atoms. The number of aliphatic carboxylic acids is 1. The minimum absolute atomic E-state index is 0.0516. The second-order valence-corrected chi connectivity index (χ2v) is 7.73. The number of halogens is 3. The molecule has 188 valence electrons. The molecule has 3 aromatic rings. The van der Waals surface area contributed by atoms with E-state index in [1.807, 2.05) is 46.0 Å². The van der Waals surface area contributed by atoms with Crippen molar-refractivity contribution in [3.63, 3.8) is 0 Å². The van der Waals surface area contributed by atoms with Crippen molar-refractivity contribution >= 4 is 23.3 Å². The number of hydrogen-bond donors (Lipinski definition) is 2. The van der Waals surface area contributed by atoms with Gasteiger partial charge in [0.05, 0.1) is 25.0 Å². The molecule has 1 fully saturated rings. The Morgan fingerprint density at radius 1 is 1.20 bits per heavy atom. The van der Waals surface area contributed by atoms with E-state index in [2.05, 4.69) is 27.2 Å². The molecule has 0 saturated carbocycles. The SMILES string of the molecule is COc1ccc(C(=O)N2CCN(C)CC2)cc1NCc1cn2cccnc2n1.O=C(O)C(F)(F)F. The van der Waals surface area contributed by atoms with Gasteiger partial charge in [0.1, 0.15) is 5.75 Å². The number of piperazine rings is 1. The zero-order chi connectivity index (χ0) is 25.6. The number of carboxylic acids is 1. The molecule has 0 unspecified atom stereocenters. The monoisotopic (exact) mass is 494 g/mol. The lowest BCUT2D eigenvalue weighted by molar-refractivity contribution is -0.192. The first kappa shape index (κ1) is 25.7. The molecule has 0 bridgehead atoms. The number of amides is 1. The van der Waals surface area contributed by atoms with Crippen LogP contribution < -0.4 is 10.1 Å². The maximum atomic E-state index is 12.9. The minimum atomic E-state index is -5.08. The van der Waals surface area contributed by atoms with Crippen molar-refractivity contribution in [2.24, 2.45) is 0 Å². The maximum absolute atomic E-state index is 12.9. The summed E-state index contributed by atoms with van der Waals surface area (Å²) in [6.07, 6.45) is 0.478. The van der Waals surface area contributed by atoms with E-state index < -0.39 is 12.1 Å². The van der Waals surface area contributed by atoms with Crippen LogP contribution in [0.25, 0.3) is 5.78 Å². The number of benzene rings is 1. The molecule has 0 aliphatic carbocycles. The Bertz CT molecular complexity index is 1140. The summed E-state index contributed by atoms with van der Waals surface area (Å²) >= 11 is 0. The number of methoxy groups -OCH3 is 1. The van der Waals surface area contributed by atoms with Crippen LogP contribution >= 0.6 is 0 Å². The summed E-state index contributed by atoms with van der Waals surface area (Å²) in [6.45, 7) is 3.80. The number of anilines is 1. The largest absolute Gasteiger partial charge is 0.495 e. The van der Waals surface area contributed by atoms with Gasteiger partial charge in [-0.25, -0.2) is 14.8 Å². The van der Waals surface area contributed by atoms with Crippen LogP contribution in [0.1, 0.15) is 16.1 Å². The number of likely N-dealkylation sites (N-methyl/N-ethyl adjacent to an activating group) is 1. The Morgan fingerprint density at radius 2 is 1.89 bits per heavy atom. The van der Waals surface area contributed by atoms with Crippen LogP contribution in [0.15, 0.2) is 42.9 Å². The van der Waals surface area contributed by atoms with Crippen LogP contribution in [0.2, 0.25) is 0 Å². The molecule has 3 heterocycles. The summed E-state index contributed by atoms with van der Waals surface area (Å²) in [5.74, 6) is -1.36. The zero-order valence-electron chi connectivity index (χ0n) is 19.1. The molecule has 1 aliphatic rings. The van der Waals surface area contributed by atoms with E-state index in [-0.39, 0.29) is 5.91 Å². The highest BCUT2D eigenvalue weighted by Gasteiger charge is 2.38. The first-order valence-electron chi connectivity index (χ1n) is 10.6. The number of alkyl halides is 3. The molecule has 1 aromatic carbocycles. The molecular weight excluding hydrogens is 469 g/mol. The van der Waals surface area contributed by atoms with Gasteiger partial charge in [-0.3, -0.25) is 9.20 Å². The number of ether oxygens (including phenoxy) is 1. The molecule has 0 atom stereocenters. The fourth-order valence-corrected chi connectivity index (χ4v) is 3.32. The smallest absolute Gasteiger partial charge is 0.490 e. The molecule has 13 heteroatoms. The van der Waals surface area contributed by atoms with Crippen LogP contribution in [0, 0.1) is 0 Å². The number of nitrogens with one attached hydrogen (secondary N) is 1. The summed E-state index contributed by atoms with van der Waals surface area (Å²) < 4.78 is 39.1. The van der Waals surface area contributed by atoms with Crippen LogP contribution in [0.4, 0.5) is 18.9 Å². The topological polar surface area (TPSA) is 112 Å². The number of imidazole rings is 1. The number of aromatic nitrogens is 3. The van der Waals surface area contributed by atoms with Crippen molar-refractivity contribution in [1.29, 1.82) is 0 Å². The molecule has 1 aliphatic heterocycles. The van der Waals surface area contributed by atoms with E-state index in [4.69, 9.17) is 14.6 Å². The highest BCUT2D eigenvalue weighted by atomic mass is 19.4. The van der Waals surface area contributed by atoms with Gasteiger partial charge < -0.3 is 25.0 Å². The normalized spacial score (nSPS) is 14.3. The number of fused-ring (bicyclic) bond motifs is 1. The molecule has 1 amide bonds. The molecule has 35 heavy (non-hydrogen) atoms. The van der Waals surface area contributed by atoms with E-state index in [9.17, 15) is 18.0 Å². The summed E-state index contributed by atoms with van der Waals surface area (Å²) in [5.41, 5.74) is 2.29. The molecule has 1 saturated heterocycles. The van der Waals surface area contributed by atoms with Crippen molar-refractivity contribution in [3.05, 3.63) is 54.1 Å². The van der Waals surface area contributed by atoms with Gasteiger partial charge >= 0.3 is 12.1 Å². The lowest BCUT2D eigenvalue weighted by Crippen LogP contribution is -2.47. The van der Waals surface area contributed by atoms with Gasteiger partial charge in [-0.1, -0.05) is 0 Å². The van der Waals surface area contributed by atoms with Crippen LogP contribution in [0.5, 0.6) is 5.75 Å². The highest BCUT2D eigenvalue weighted by molar-refractivity contribution is 5.95. The number of carboxylic acid groups (broad SMARTS) is 1. The number of carbonyl (C=O) groups is 2.